The van der Waals surface area contributed by atoms with Crippen LogP contribution in [0, 0.1) is 6.92 Å². The van der Waals surface area contributed by atoms with Gasteiger partial charge in [0.15, 0.2) is 0 Å². The number of amides is 1. The van der Waals surface area contributed by atoms with Crippen LogP contribution in [0.1, 0.15) is 16.1 Å². The third kappa shape index (κ3) is 4.52. The summed E-state index contributed by atoms with van der Waals surface area (Å²) in [5, 5.41) is 2.81. The van der Waals surface area contributed by atoms with Crippen LogP contribution in [0.5, 0.6) is 0 Å². The monoisotopic (exact) mass is 354 g/mol. The van der Waals surface area contributed by atoms with E-state index in [-0.39, 0.29) is 5.91 Å². The van der Waals surface area contributed by atoms with Gasteiger partial charge < -0.3 is 19.9 Å². The minimum Gasteiger partial charge on any atom is -0.383 e. The average Bonchev–Trinajstić information content (AvgIpc) is 2.68. The minimum absolute atomic E-state index is 0.165. The fourth-order valence-electron chi connectivity index (χ4n) is 3.14. The Morgan fingerprint density at radius 1 is 1.12 bits per heavy atom. The number of hydrogen-bond acceptors (Lipinski definition) is 5. The van der Waals surface area contributed by atoms with Gasteiger partial charge in [-0.2, -0.15) is 0 Å². The quantitative estimate of drug-likeness (QED) is 0.805. The largest absolute Gasteiger partial charge is 0.383 e. The van der Waals surface area contributed by atoms with Crippen molar-refractivity contribution in [3.8, 4) is 0 Å². The molecule has 0 radical (unpaired) electrons. The lowest BCUT2D eigenvalue weighted by Crippen LogP contribution is -2.46. The molecule has 6 nitrogen and oxygen atoms in total. The highest BCUT2D eigenvalue weighted by Gasteiger charge is 2.19. The number of aryl methyl sites for hydroxylation is 1. The Hall–Kier alpha value is -2.60. The van der Waals surface area contributed by atoms with E-state index in [0.717, 1.165) is 31.9 Å². The molecule has 2 heterocycles. The first-order chi connectivity index (χ1) is 12.7. The molecule has 0 bridgehead atoms. The van der Waals surface area contributed by atoms with Gasteiger partial charge in [0.1, 0.15) is 5.69 Å². The van der Waals surface area contributed by atoms with Gasteiger partial charge in [0, 0.05) is 57.4 Å². The molecule has 6 heteroatoms. The Morgan fingerprint density at radius 2 is 1.81 bits per heavy atom. The number of piperazine rings is 1. The van der Waals surface area contributed by atoms with Crippen molar-refractivity contribution in [2.24, 2.45) is 0 Å². The Labute approximate surface area is 154 Å². The van der Waals surface area contributed by atoms with E-state index in [4.69, 9.17) is 4.74 Å². The number of hydrogen-bond donors (Lipinski definition) is 1. The molecule has 2 aromatic rings. The second-order valence-corrected chi connectivity index (χ2v) is 6.46. The second-order valence-electron chi connectivity index (χ2n) is 6.46. The topological polar surface area (TPSA) is 57.7 Å². The van der Waals surface area contributed by atoms with Crippen LogP contribution < -0.4 is 15.1 Å². The number of benzene rings is 1. The SMILES string of the molecule is COCCNC(=O)c1cc(N2CCN(c3cccc(C)c3)CC2)ccn1. The molecule has 3 rings (SSSR count). The van der Waals surface area contributed by atoms with Crippen molar-refractivity contribution in [3.05, 3.63) is 53.9 Å². The molecule has 138 valence electrons. The van der Waals surface area contributed by atoms with Gasteiger partial charge in [0.05, 0.1) is 6.61 Å². The van der Waals surface area contributed by atoms with Gasteiger partial charge in [-0.25, -0.2) is 0 Å². The Bertz CT molecular complexity index is 742. The van der Waals surface area contributed by atoms with Gasteiger partial charge >= 0.3 is 0 Å². The van der Waals surface area contributed by atoms with Gasteiger partial charge in [-0.1, -0.05) is 12.1 Å². The van der Waals surface area contributed by atoms with Gasteiger partial charge in [0.2, 0.25) is 0 Å². The predicted octanol–water partition coefficient (Wildman–Crippen LogP) is 2.09. The average molecular weight is 354 g/mol. The lowest BCUT2D eigenvalue weighted by atomic mass is 10.2. The summed E-state index contributed by atoms with van der Waals surface area (Å²) in [4.78, 5) is 21.1. The fraction of sp³-hybridized carbons (Fsp3) is 0.400. The lowest BCUT2D eigenvalue weighted by Gasteiger charge is -2.37. The maximum atomic E-state index is 12.2. The first-order valence-corrected chi connectivity index (χ1v) is 8.97. The third-order valence-electron chi connectivity index (χ3n) is 4.58. The Morgan fingerprint density at radius 3 is 2.46 bits per heavy atom. The summed E-state index contributed by atoms with van der Waals surface area (Å²) in [6, 6.07) is 12.4. The van der Waals surface area contributed by atoms with Crippen LogP contribution >= 0.6 is 0 Å². The third-order valence-corrected chi connectivity index (χ3v) is 4.58. The molecule has 26 heavy (non-hydrogen) atoms. The Kier molecular flexibility index (Phi) is 6.07. The zero-order chi connectivity index (χ0) is 18.4. The summed E-state index contributed by atoms with van der Waals surface area (Å²) < 4.78 is 4.95. The van der Waals surface area contributed by atoms with Crippen molar-refractivity contribution in [2.45, 2.75) is 6.92 Å². The summed E-state index contributed by atoms with van der Waals surface area (Å²) >= 11 is 0. The van der Waals surface area contributed by atoms with Crippen molar-refractivity contribution in [1.82, 2.24) is 10.3 Å². The first-order valence-electron chi connectivity index (χ1n) is 8.97. The number of ether oxygens (including phenoxy) is 1. The standard InChI is InChI=1S/C20H26N4O2/c1-16-4-3-5-17(14-16)23-9-11-24(12-10-23)18-6-7-21-19(15-18)20(25)22-8-13-26-2/h3-7,14-15H,8-13H2,1-2H3,(H,22,25). The van der Waals surface area contributed by atoms with E-state index >= 15 is 0 Å². The molecule has 0 aliphatic carbocycles. The number of methoxy groups -OCH3 is 1. The van der Waals surface area contributed by atoms with Crippen LogP contribution in [0.25, 0.3) is 0 Å². The second kappa shape index (κ2) is 8.67. The van der Waals surface area contributed by atoms with Crippen LogP contribution in [-0.2, 0) is 4.74 Å². The Balaban J connectivity index is 1.61. The molecule has 1 saturated heterocycles. The molecule has 1 amide bonds. The number of anilines is 2. The van der Waals surface area contributed by atoms with E-state index < -0.39 is 0 Å². The molecule has 0 atom stereocenters. The van der Waals surface area contributed by atoms with Crippen LogP contribution in [0.2, 0.25) is 0 Å². The van der Waals surface area contributed by atoms with Crippen LogP contribution in [0.15, 0.2) is 42.6 Å². The van der Waals surface area contributed by atoms with Crippen molar-refractivity contribution in [3.63, 3.8) is 0 Å². The molecule has 0 saturated carbocycles. The number of carbonyl (C=O) groups is 1. The fourth-order valence-corrected chi connectivity index (χ4v) is 3.14. The molecular formula is C20H26N4O2. The number of aromatic nitrogens is 1. The number of rotatable bonds is 6. The highest BCUT2D eigenvalue weighted by molar-refractivity contribution is 5.93. The number of carbonyl (C=O) groups excluding carboxylic acids is 1. The first kappa shape index (κ1) is 18.2. The number of pyridine rings is 1. The molecule has 1 aromatic carbocycles. The van der Waals surface area contributed by atoms with Crippen LogP contribution in [0.3, 0.4) is 0 Å². The van der Waals surface area contributed by atoms with Crippen molar-refractivity contribution >= 4 is 17.3 Å². The van der Waals surface area contributed by atoms with E-state index in [1.165, 1.54) is 11.3 Å². The lowest BCUT2D eigenvalue weighted by molar-refractivity contribution is 0.0932. The predicted molar refractivity (Wildman–Crippen MR) is 104 cm³/mol. The summed E-state index contributed by atoms with van der Waals surface area (Å²) in [7, 11) is 1.61. The summed E-state index contributed by atoms with van der Waals surface area (Å²) in [6.07, 6.45) is 1.70. The van der Waals surface area contributed by atoms with E-state index in [9.17, 15) is 4.79 Å². The van der Waals surface area contributed by atoms with E-state index in [0.29, 0.717) is 18.8 Å². The molecule has 0 spiro atoms. The summed E-state index contributed by atoms with van der Waals surface area (Å²) in [6.45, 7) is 6.85. The molecule has 1 N–H and O–H groups in total. The van der Waals surface area contributed by atoms with E-state index in [1.807, 2.05) is 12.1 Å². The smallest absolute Gasteiger partial charge is 0.270 e. The highest BCUT2D eigenvalue weighted by Crippen LogP contribution is 2.21. The van der Waals surface area contributed by atoms with Crippen LogP contribution in [0.4, 0.5) is 11.4 Å². The normalized spacial score (nSPS) is 14.4. The molecular weight excluding hydrogens is 328 g/mol. The van der Waals surface area contributed by atoms with Gasteiger partial charge in [0.25, 0.3) is 5.91 Å². The molecule has 0 unspecified atom stereocenters. The van der Waals surface area contributed by atoms with Crippen molar-refractivity contribution < 1.29 is 9.53 Å². The maximum Gasteiger partial charge on any atom is 0.270 e. The van der Waals surface area contributed by atoms with Crippen LogP contribution in [-0.4, -0.2) is 57.3 Å². The van der Waals surface area contributed by atoms with E-state index in [2.05, 4.69) is 51.3 Å². The minimum atomic E-state index is -0.165. The highest BCUT2D eigenvalue weighted by atomic mass is 16.5. The van der Waals surface area contributed by atoms with Crippen molar-refractivity contribution in [2.75, 3.05) is 56.2 Å². The van der Waals surface area contributed by atoms with Crippen molar-refractivity contribution in [1.29, 1.82) is 0 Å². The maximum absolute atomic E-state index is 12.2. The van der Waals surface area contributed by atoms with Gasteiger partial charge in [-0.3, -0.25) is 9.78 Å². The summed E-state index contributed by atoms with van der Waals surface area (Å²) in [5.41, 5.74) is 4.04. The molecule has 1 fully saturated rings. The zero-order valence-electron chi connectivity index (χ0n) is 15.4. The summed E-state index contributed by atoms with van der Waals surface area (Å²) in [5.74, 6) is -0.165. The van der Waals surface area contributed by atoms with Gasteiger partial charge in [-0.05, 0) is 36.8 Å². The van der Waals surface area contributed by atoms with Gasteiger partial charge in [-0.15, -0.1) is 0 Å². The molecule has 1 aliphatic rings. The number of nitrogens with one attached hydrogen (secondary N) is 1. The zero-order valence-corrected chi connectivity index (χ0v) is 15.4. The number of nitrogens with zero attached hydrogens (tertiary/aromatic N) is 3. The molecule has 1 aliphatic heterocycles. The molecule has 1 aromatic heterocycles. The van der Waals surface area contributed by atoms with E-state index in [1.54, 1.807) is 13.3 Å².